The molecule has 0 spiro atoms. The smallest absolute Gasteiger partial charge is 0.266 e. The molecule has 0 aliphatic carbocycles. The Labute approximate surface area is 122 Å². The van der Waals surface area contributed by atoms with Crippen LogP contribution in [0, 0.1) is 6.92 Å². The van der Waals surface area contributed by atoms with E-state index in [2.05, 4.69) is 0 Å². The molecule has 19 heavy (non-hydrogen) atoms. The quantitative estimate of drug-likeness (QED) is 0.684. The lowest BCUT2D eigenvalue weighted by atomic mass is 10.1. The van der Waals surface area contributed by atoms with Crippen LogP contribution >= 0.6 is 24.0 Å². The van der Waals surface area contributed by atoms with Gasteiger partial charge in [-0.2, -0.15) is 0 Å². The zero-order valence-electron chi connectivity index (χ0n) is 10.6. The Morgan fingerprint density at radius 1 is 1.47 bits per heavy atom. The predicted molar refractivity (Wildman–Crippen MR) is 82.8 cm³/mol. The third-order valence-electron chi connectivity index (χ3n) is 2.75. The van der Waals surface area contributed by atoms with Crippen LogP contribution in [0.2, 0.25) is 0 Å². The van der Waals surface area contributed by atoms with Gasteiger partial charge in [-0.25, -0.2) is 0 Å². The van der Waals surface area contributed by atoms with E-state index in [0.717, 1.165) is 11.1 Å². The average molecular weight is 293 g/mol. The third kappa shape index (κ3) is 3.43. The van der Waals surface area contributed by atoms with Crippen molar-refractivity contribution in [3.05, 3.63) is 40.3 Å². The molecule has 0 atom stereocenters. The molecule has 0 radical (unpaired) electrons. The number of aliphatic hydroxyl groups excluding tert-OH is 1. The van der Waals surface area contributed by atoms with E-state index in [1.54, 1.807) is 4.90 Å². The van der Waals surface area contributed by atoms with Crippen molar-refractivity contribution in [1.82, 2.24) is 4.90 Å². The van der Waals surface area contributed by atoms with Crippen LogP contribution < -0.4 is 0 Å². The lowest BCUT2D eigenvalue weighted by Crippen LogP contribution is -2.29. The van der Waals surface area contributed by atoms with Gasteiger partial charge in [0.25, 0.3) is 5.91 Å². The van der Waals surface area contributed by atoms with Gasteiger partial charge in [0.2, 0.25) is 0 Å². The Hall–Kier alpha value is -1.17. The molecule has 1 fully saturated rings. The molecule has 1 aliphatic rings. The van der Waals surface area contributed by atoms with Crippen molar-refractivity contribution >= 4 is 40.3 Å². The molecule has 1 amide bonds. The number of amides is 1. The Morgan fingerprint density at radius 3 is 2.95 bits per heavy atom. The zero-order valence-corrected chi connectivity index (χ0v) is 12.3. The van der Waals surface area contributed by atoms with Crippen LogP contribution in [0.25, 0.3) is 6.08 Å². The van der Waals surface area contributed by atoms with Crippen molar-refractivity contribution < 1.29 is 9.90 Å². The monoisotopic (exact) mass is 293 g/mol. The number of rotatable bonds is 4. The molecule has 0 saturated carbocycles. The first-order chi connectivity index (χ1) is 9.11. The molecule has 0 unspecified atom stereocenters. The van der Waals surface area contributed by atoms with Crippen molar-refractivity contribution in [1.29, 1.82) is 0 Å². The largest absolute Gasteiger partial charge is 0.396 e. The third-order valence-corrected chi connectivity index (χ3v) is 4.13. The molecule has 5 heteroatoms. The second kappa shape index (κ2) is 6.32. The van der Waals surface area contributed by atoms with Gasteiger partial charge in [-0.05, 0) is 25.0 Å². The first-order valence-corrected chi connectivity index (χ1v) is 7.27. The standard InChI is InChI=1S/C14H15NO2S2/c1-10-4-2-5-11(8-10)9-12-13(17)15(6-3-7-16)14(18)19-12/h2,4-5,8-9,16H,3,6-7H2,1H3/b12-9-. The van der Waals surface area contributed by atoms with E-state index >= 15 is 0 Å². The normalized spacial score (nSPS) is 17.6. The zero-order chi connectivity index (χ0) is 13.8. The number of hydrogen-bond donors (Lipinski definition) is 1. The SMILES string of the molecule is Cc1cccc(/C=C2\SC(=S)N(CCCO)C2=O)c1. The first kappa shape index (κ1) is 14.2. The van der Waals surface area contributed by atoms with E-state index in [1.165, 1.54) is 11.8 Å². The fraction of sp³-hybridized carbons (Fsp3) is 0.286. The summed E-state index contributed by atoms with van der Waals surface area (Å²) in [5.41, 5.74) is 2.16. The summed E-state index contributed by atoms with van der Waals surface area (Å²) in [6.45, 7) is 2.56. The van der Waals surface area contributed by atoms with Gasteiger partial charge in [0.05, 0.1) is 4.91 Å². The minimum absolute atomic E-state index is 0.0635. The summed E-state index contributed by atoms with van der Waals surface area (Å²) < 4.78 is 0.567. The maximum absolute atomic E-state index is 12.2. The van der Waals surface area contributed by atoms with Gasteiger partial charge >= 0.3 is 0 Å². The number of benzene rings is 1. The van der Waals surface area contributed by atoms with Gasteiger partial charge in [0, 0.05) is 13.2 Å². The van der Waals surface area contributed by atoms with E-state index in [9.17, 15) is 4.79 Å². The van der Waals surface area contributed by atoms with Crippen molar-refractivity contribution in [3.8, 4) is 0 Å². The van der Waals surface area contributed by atoms with E-state index in [4.69, 9.17) is 17.3 Å². The number of aryl methyl sites for hydroxylation is 1. The highest BCUT2D eigenvalue weighted by atomic mass is 32.2. The Bertz CT molecular complexity index is 540. The lowest BCUT2D eigenvalue weighted by Gasteiger charge is -2.12. The van der Waals surface area contributed by atoms with Gasteiger partial charge in [-0.15, -0.1) is 0 Å². The molecule has 2 rings (SSSR count). The van der Waals surface area contributed by atoms with Crippen LogP contribution in [0.15, 0.2) is 29.2 Å². The van der Waals surface area contributed by atoms with Crippen molar-refractivity contribution in [3.63, 3.8) is 0 Å². The van der Waals surface area contributed by atoms with E-state index < -0.39 is 0 Å². The Balaban J connectivity index is 2.18. The highest BCUT2D eigenvalue weighted by Gasteiger charge is 2.31. The van der Waals surface area contributed by atoms with Gasteiger partial charge < -0.3 is 5.11 Å². The fourth-order valence-electron chi connectivity index (χ4n) is 1.83. The second-order valence-electron chi connectivity index (χ2n) is 4.32. The molecule has 1 aromatic rings. The van der Waals surface area contributed by atoms with Crippen LogP contribution in [0.1, 0.15) is 17.5 Å². The molecule has 3 nitrogen and oxygen atoms in total. The number of hydrogen-bond acceptors (Lipinski definition) is 4. The number of carbonyl (C=O) groups excluding carboxylic acids is 1. The Kier molecular flexibility index (Phi) is 4.74. The van der Waals surface area contributed by atoms with Crippen molar-refractivity contribution in [2.45, 2.75) is 13.3 Å². The molecular weight excluding hydrogens is 278 g/mol. The van der Waals surface area contributed by atoms with E-state index in [-0.39, 0.29) is 12.5 Å². The number of nitrogens with zero attached hydrogens (tertiary/aromatic N) is 1. The maximum Gasteiger partial charge on any atom is 0.266 e. The highest BCUT2D eigenvalue weighted by molar-refractivity contribution is 8.26. The van der Waals surface area contributed by atoms with Crippen molar-refractivity contribution in [2.24, 2.45) is 0 Å². The van der Waals surface area contributed by atoms with Crippen LogP contribution in [0.3, 0.4) is 0 Å². The molecule has 0 bridgehead atoms. The summed E-state index contributed by atoms with van der Waals surface area (Å²) in [5, 5.41) is 8.83. The molecule has 1 aliphatic heterocycles. The van der Waals surface area contributed by atoms with Crippen LogP contribution in [-0.2, 0) is 4.79 Å². The predicted octanol–water partition coefficient (Wildman–Crippen LogP) is 2.58. The molecule has 100 valence electrons. The minimum Gasteiger partial charge on any atom is -0.396 e. The minimum atomic E-state index is -0.0649. The summed E-state index contributed by atoms with van der Waals surface area (Å²) in [6.07, 6.45) is 2.41. The lowest BCUT2D eigenvalue weighted by molar-refractivity contribution is -0.122. The summed E-state index contributed by atoms with van der Waals surface area (Å²) >= 11 is 6.52. The first-order valence-electron chi connectivity index (χ1n) is 6.04. The number of aliphatic hydroxyl groups is 1. The Morgan fingerprint density at radius 2 is 2.26 bits per heavy atom. The summed E-state index contributed by atoms with van der Waals surface area (Å²) in [5.74, 6) is -0.0649. The average Bonchev–Trinajstić information content (AvgIpc) is 2.62. The van der Waals surface area contributed by atoms with Gasteiger partial charge in [0.15, 0.2) is 0 Å². The van der Waals surface area contributed by atoms with Crippen LogP contribution in [0.4, 0.5) is 0 Å². The van der Waals surface area contributed by atoms with Gasteiger partial charge in [-0.1, -0.05) is 53.8 Å². The molecular formula is C14H15NO2S2. The topological polar surface area (TPSA) is 40.5 Å². The number of thiocarbonyl (C=S) groups is 1. The second-order valence-corrected chi connectivity index (χ2v) is 6.00. The summed E-state index contributed by atoms with van der Waals surface area (Å²) in [7, 11) is 0. The molecule has 1 saturated heterocycles. The summed E-state index contributed by atoms with van der Waals surface area (Å²) in [4.78, 5) is 14.4. The van der Waals surface area contributed by atoms with Crippen molar-refractivity contribution in [2.75, 3.05) is 13.2 Å². The van der Waals surface area contributed by atoms with Crippen LogP contribution in [-0.4, -0.2) is 33.4 Å². The fourth-order valence-corrected chi connectivity index (χ4v) is 3.14. The summed E-state index contributed by atoms with van der Waals surface area (Å²) in [6, 6.07) is 7.98. The molecule has 1 N–H and O–H groups in total. The molecule has 1 aromatic carbocycles. The van der Waals surface area contributed by atoms with Gasteiger partial charge in [-0.3, -0.25) is 9.69 Å². The van der Waals surface area contributed by atoms with Crippen LogP contribution in [0.5, 0.6) is 0 Å². The van der Waals surface area contributed by atoms with E-state index in [1.807, 2.05) is 37.3 Å². The molecule has 1 heterocycles. The highest BCUT2D eigenvalue weighted by Crippen LogP contribution is 2.32. The number of thioether (sulfide) groups is 1. The number of carbonyl (C=O) groups is 1. The van der Waals surface area contributed by atoms with Gasteiger partial charge in [0.1, 0.15) is 4.32 Å². The maximum atomic E-state index is 12.2. The molecule has 0 aromatic heterocycles. The van der Waals surface area contributed by atoms with E-state index in [0.29, 0.717) is 22.2 Å².